The van der Waals surface area contributed by atoms with Gasteiger partial charge >= 0.3 is 0 Å². The summed E-state index contributed by atoms with van der Waals surface area (Å²) in [5, 5.41) is 2.83. The fourth-order valence-electron chi connectivity index (χ4n) is 2.11. The average molecular weight is 348 g/mol. The van der Waals surface area contributed by atoms with Crippen LogP contribution in [0.3, 0.4) is 0 Å². The fourth-order valence-corrected chi connectivity index (χ4v) is 2.95. The van der Waals surface area contributed by atoms with Crippen LogP contribution in [0.2, 0.25) is 0 Å². The number of amides is 1. The maximum atomic E-state index is 13.6. The van der Waals surface area contributed by atoms with E-state index in [1.807, 2.05) is 0 Å². The molecular weight excluding hydrogens is 337 g/mol. The van der Waals surface area contributed by atoms with Crippen molar-refractivity contribution in [3.8, 4) is 0 Å². The van der Waals surface area contributed by atoms with Gasteiger partial charge in [-0.15, -0.1) is 11.3 Å². The Kier molecular flexibility index (Phi) is 4.61. The maximum absolute atomic E-state index is 13.6. The summed E-state index contributed by atoms with van der Waals surface area (Å²) in [7, 11) is 0. The molecule has 3 nitrogen and oxygen atoms in total. The van der Waals surface area contributed by atoms with Crippen LogP contribution in [-0.2, 0) is 6.42 Å². The lowest BCUT2D eigenvalue weighted by Crippen LogP contribution is -2.13. The van der Waals surface area contributed by atoms with Crippen molar-refractivity contribution in [2.45, 2.75) is 6.42 Å². The number of halogens is 3. The molecule has 0 saturated carbocycles. The van der Waals surface area contributed by atoms with Gasteiger partial charge in [-0.3, -0.25) is 10.1 Å². The molecule has 24 heavy (non-hydrogen) atoms. The molecule has 0 aliphatic carbocycles. The van der Waals surface area contributed by atoms with Gasteiger partial charge in [0.25, 0.3) is 5.91 Å². The average Bonchev–Trinajstić information content (AvgIpc) is 2.98. The Morgan fingerprint density at radius 1 is 1.04 bits per heavy atom. The summed E-state index contributed by atoms with van der Waals surface area (Å²) in [5.41, 5.74) is 0.513. The van der Waals surface area contributed by atoms with Gasteiger partial charge in [0, 0.05) is 17.5 Å². The van der Waals surface area contributed by atoms with Gasteiger partial charge < -0.3 is 0 Å². The summed E-state index contributed by atoms with van der Waals surface area (Å²) in [4.78, 5) is 16.8. The number of hydrogen-bond acceptors (Lipinski definition) is 3. The van der Waals surface area contributed by atoms with Gasteiger partial charge in [-0.1, -0.05) is 18.2 Å². The second-order valence-electron chi connectivity index (χ2n) is 4.99. The predicted octanol–water partition coefficient (Wildman–Crippen LogP) is 4.40. The molecule has 0 spiro atoms. The predicted molar refractivity (Wildman–Crippen MR) is 85.6 cm³/mol. The molecule has 0 atom stereocenters. The van der Waals surface area contributed by atoms with Gasteiger partial charge in [0.15, 0.2) is 16.8 Å². The number of carbonyl (C=O) groups is 1. The van der Waals surface area contributed by atoms with E-state index in [2.05, 4.69) is 10.3 Å². The van der Waals surface area contributed by atoms with E-state index in [4.69, 9.17) is 0 Å². The van der Waals surface area contributed by atoms with Crippen LogP contribution in [0.1, 0.15) is 20.8 Å². The van der Waals surface area contributed by atoms with Crippen LogP contribution < -0.4 is 5.32 Å². The highest BCUT2D eigenvalue weighted by Crippen LogP contribution is 2.23. The summed E-state index contributed by atoms with van der Waals surface area (Å²) in [6, 6.07) is 9.30. The molecule has 3 rings (SSSR count). The van der Waals surface area contributed by atoms with Gasteiger partial charge in [0.05, 0.1) is 5.56 Å². The number of rotatable bonds is 4. The molecule has 1 aromatic heterocycles. The highest BCUT2D eigenvalue weighted by atomic mass is 32.1. The molecule has 1 heterocycles. The van der Waals surface area contributed by atoms with Gasteiger partial charge in [-0.2, -0.15) is 0 Å². The van der Waals surface area contributed by atoms with E-state index >= 15 is 0 Å². The highest BCUT2D eigenvalue weighted by molar-refractivity contribution is 7.15. The van der Waals surface area contributed by atoms with E-state index in [0.29, 0.717) is 17.1 Å². The zero-order chi connectivity index (χ0) is 17.1. The number of hydrogen-bond donors (Lipinski definition) is 1. The highest BCUT2D eigenvalue weighted by Gasteiger charge is 2.13. The second-order valence-corrected chi connectivity index (χ2v) is 6.11. The molecule has 0 bridgehead atoms. The minimum Gasteiger partial charge on any atom is -0.298 e. The fraction of sp³-hybridized carbons (Fsp3) is 0.0588. The zero-order valence-electron chi connectivity index (χ0n) is 12.2. The lowest BCUT2D eigenvalue weighted by molar-refractivity contribution is 0.102. The monoisotopic (exact) mass is 348 g/mol. The molecule has 0 fully saturated rings. The van der Waals surface area contributed by atoms with Crippen LogP contribution in [-0.4, -0.2) is 10.9 Å². The van der Waals surface area contributed by atoms with Crippen molar-refractivity contribution in [3.05, 3.63) is 82.1 Å². The SMILES string of the molecule is O=C(Nc1ncc(Cc2ccc(F)c(F)c2)s1)c1ccccc1F. The van der Waals surface area contributed by atoms with Crippen molar-refractivity contribution < 1.29 is 18.0 Å². The Balaban J connectivity index is 1.70. The Bertz CT molecular complexity index is 895. The summed E-state index contributed by atoms with van der Waals surface area (Å²) in [5.74, 6) is -3.03. The smallest absolute Gasteiger partial charge is 0.260 e. The third-order valence-corrected chi connectivity index (χ3v) is 4.17. The summed E-state index contributed by atoms with van der Waals surface area (Å²) >= 11 is 1.18. The van der Waals surface area contributed by atoms with Gasteiger partial charge in [-0.25, -0.2) is 18.2 Å². The minimum atomic E-state index is -0.912. The van der Waals surface area contributed by atoms with E-state index in [0.717, 1.165) is 17.0 Å². The second kappa shape index (κ2) is 6.84. The standard InChI is InChI=1S/C17H11F3N2OS/c18-13-4-2-1-3-12(13)16(23)22-17-21-9-11(24-17)7-10-5-6-14(19)15(20)8-10/h1-6,8-9H,7H2,(H,21,22,23). The number of benzene rings is 2. The molecule has 1 amide bonds. The first-order valence-corrected chi connectivity index (χ1v) is 7.79. The first-order chi connectivity index (χ1) is 11.5. The number of nitrogens with one attached hydrogen (secondary N) is 1. The summed E-state index contributed by atoms with van der Waals surface area (Å²) in [6.07, 6.45) is 1.88. The third kappa shape index (κ3) is 3.62. The quantitative estimate of drug-likeness (QED) is 0.759. The van der Waals surface area contributed by atoms with Crippen LogP contribution in [0.5, 0.6) is 0 Å². The lowest BCUT2D eigenvalue weighted by Gasteiger charge is -2.02. The third-order valence-electron chi connectivity index (χ3n) is 3.25. The van der Waals surface area contributed by atoms with Crippen LogP contribution in [0.15, 0.2) is 48.7 Å². The van der Waals surface area contributed by atoms with Crippen molar-refractivity contribution in [3.63, 3.8) is 0 Å². The van der Waals surface area contributed by atoms with Crippen LogP contribution in [0.25, 0.3) is 0 Å². The molecule has 7 heteroatoms. The molecule has 0 radical (unpaired) electrons. The number of carbonyl (C=O) groups excluding carboxylic acids is 1. The molecule has 3 aromatic rings. The van der Waals surface area contributed by atoms with Gasteiger partial charge in [-0.05, 0) is 29.8 Å². The van der Waals surface area contributed by atoms with Crippen LogP contribution >= 0.6 is 11.3 Å². The first-order valence-electron chi connectivity index (χ1n) is 6.97. The topological polar surface area (TPSA) is 42.0 Å². The summed E-state index contributed by atoms with van der Waals surface area (Å²) < 4.78 is 39.7. The van der Waals surface area contributed by atoms with Crippen LogP contribution in [0, 0.1) is 17.5 Å². The largest absolute Gasteiger partial charge is 0.298 e. The van der Waals surface area contributed by atoms with Crippen molar-refractivity contribution in [2.75, 3.05) is 5.32 Å². The van der Waals surface area contributed by atoms with Crippen molar-refractivity contribution in [1.29, 1.82) is 0 Å². The van der Waals surface area contributed by atoms with Crippen molar-refractivity contribution >= 4 is 22.4 Å². The van der Waals surface area contributed by atoms with E-state index in [1.165, 1.54) is 41.8 Å². The Hall–Kier alpha value is -2.67. The number of nitrogens with zero attached hydrogens (tertiary/aromatic N) is 1. The Morgan fingerprint density at radius 2 is 1.83 bits per heavy atom. The molecule has 0 saturated heterocycles. The van der Waals surface area contributed by atoms with E-state index in [9.17, 15) is 18.0 Å². The molecule has 0 unspecified atom stereocenters. The van der Waals surface area contributed by atoms with Gasteiger partial charge in [0.1, 0.15) is 5.82 Å². The first kappa shape index (κ1) is 16.2. The lowest BCUT2D eigenvalue weighted by atomic mass is 10.1. The molecule has 0 aliphatic rings. The molecular formula is C17H11F3N2OS. The maximum Gasteiger partial charge on any atom is 0.260 e. The van der Waals surface area contributed by atoms with E-state index in [-0.39, 0.29) is 5.56 Å². The molecule has 122 valence electrons. The van der Waals surface area contributed by atoms with E-state index in [1.54, 1.807) is 6.07 Å². The normalized spacial score (nSPS) is 10.6. The number of anilines is 1. The van der Waals surface area contributed by atoms with Crippen molar-refractivity contribution in [1.82, 2.24) is 4.98 Å². The summed E-state index contributed by atoms with van der Waals surface area (Å²) in [6.45, 7) is 0. The Morgan fingerprint density at radius 3 is 2.58 bits per heavy atom. The number of thiazole rings is 1. The zero-order valence-corrected chi connectivity index (χ0v) is 13.0. The molecule has 1 N–H and O–H groups in total. The number of aromatic nitrogens is 1. The minimum absolute atomic E-state index is 0.0742. The molecule has 0 aliphatic heterocycles. The van der Waals surface area contributed by atoms with Gasteiger partial charge in [0.2, 0.25) is 0 Å². The van der Waals surface area contributed by atoms with E-state index < -0.39 is 23.4 Å². The van der Waals surface area contributed by atoms with Crippen LogP contribution in [0.4, 0.5) is 18.3 Å². The Labute approximate surface area is 139 Å². The molecule has 2 aromatic carbocycles. The van der Waals surface area contributed by atoms with Crippen molar-refractivity contribution in [2.24, 2.45) is 0 Å².